The van der Waals surface area contributed by atoms with Crippen molar-refractivity contribution in [2.45, 2.75) is 0 Å². The van der Waals surface area contributed by atoms with Gasteiger partial charge < -0.3 is 20.5 Å². The Morgan fingerprint density at radius 2 is 1.20 bits per heavy atom. The van der Waals surface area contributed by atoms with Gasteiger partial charge in [0.2, 0.25) is 11.6 Å². The van der Waals surface area contributed by atoms with E-state index in [-0.39, 0.29) is 22.9 Å². The minimum Gasteiger partial charge on any atom is -0.494 e. The number of nitrogens with two attached hydrogens (primary N) is 1. The molecule has 0 atom stereocenters. The van der Waals surface area contributed by atoms with Gasteiger partial charge in [-0.1, -0.05) is 23.7 Å². The van der Waals surface area contributed by atoms with E-state index in [9.17, 15) is 29.0 Å². The fourth-order valence-corrected chi connectivity index (χ4v) is 5.83. The van der Waals surface area contributed by atoms with E-state index in [0.717, 1.165) is 62.9 Å². The maximum Gasteiger partial charge on any atom is 0.307 e. The van der Waals surface area contributed by atoms with Gasteiger partial charge in [0.15, 0.2) is 0 Å². The van der Waals surface area contributed by atoms with Crippen molar-refractivity contribution in [1.29, 1.82) is 0 Å². The van der Waals surface area contributed by atoms with E-state index in [1.54, 1.807) is 23.0 Å². The Bertz CT molecular complexity index is 2860. The number of nitrogens with one attached hydrogen (secondary N) is 1. The van der Waals surface area contributed by atoms with Crippen molar-refractivity contribution in [3.8, 4) is 34.0 Å². The van der Waals surface area contributed by atoms with Gasteiger partial charge in [-0.05, 0) is 24.3 Å². The van der Waals surface area contributed by atoms with Gasteiger partial charge in [0, 0.05) is 72.4 Å². The van der Waals surface area contributed by atoms with E-state index in [0.29, 0.717) is 16.7 Å². The summed E-state index contributed by atoms with van der Waals surface area (Å²) < 4.78 is 40.1. The highest BCUT2D eigenvalue weighted by atomic mass is 35.5. The standard InChI is InChI=1S/C19H15FN6O3.C12H9ClN4.C7H7FN2O3/c1-25-16-4-3-11(5-12(16)9-23-25)14-8-19(22-10-21-14)24-15-7-17(26(27)28)13(20)6-18(15)29-2;1-17-11-3-2-8(4-9(11)6-16-17)10-5-12(13)15-7-14-10;1-13-7-2-4(8)6(10(11)12)3-5(7)9/h3-10H,1-2H3,(H,21,22,24);2-7H,1H3;2-3H,9H2,1H3. The second-order valence-corrected chi connectivity index (χ2v) is 12.7. The Kier molecular flexibility index (Phi) is 12.1. The van der Waals surface area contributed by atoms with Crippen LogP contribution in [-0.2, 0) is 14.1 Å². The summed E-state index contributed by atoms with van der Waals surface area (Å²) in [6.45, 7) is 0. The number of nitro groups is 2. The first-order chi connectivity index (χ1) is 28.3. The number of halogens is 3. The van der Waals surface area contributed by atoms with Gasteiger partial charge in [-0.15, -0.1) is 0 Å². The first-order valence-electron chi connectivity index (χ1n) is 17.0. The predicted octanol–water partition coefficient (Wildman–Crippen LogP) is 7.84. The van der Waals surface area contributed by atoms with Crippen LogP contribution in [0.3, 0.4) is 0 Å². The largest absolute Gasteiger partial charge is 0.494 e. The van der Waals surface area contributed by atoms with Crippen LogP contribution >= 0.6 is 11.6 Å². The number of hydrogen-bond acceptors (Lipinski definition) is 14. The molecule has 21 heteroatoms. The summed E-state index contributed by atoms with van der Waals surface area (Å²) in [7, 11) is 6.44. The fraction of sp³-hybridized carbons (Fsp3) is 0.105. The third-order valence-electron chi connectivity index (χ3n) is 8.61. The van der Waals surface area contributed by atoms with E-state index in [1.165, 1.54) is 26.9 Å². The van der Waals surface area contributed by atoms with Gasteiger partial charge in [-0.25, -0.2) is 19.9 Å². The molecule has 4 aromatic heterocycles. The van der Waals surface area contributed by atoms with Crippen LogP contribution in [0.15, 0.2) is 97.8 Å². The molecule has 0 saturated carbocycles. The number of fused-ring (bicyclic) bond motifs is 2. The van der Waals surface area contributed by atoms with Crippen LogP contribution < -0.4 is 20.5 Å². The highest BCUT2D eigenvalue weighted by molar-refractivity contribution is 6.29. The second kappa shape index (κ2) is 17.5. The Hall–Kier alpha value is -7.87. The van der Waals surface area contributed by atoms with E-state index in [1.807, 2.05) is 61.4 Å². The average molecular weight is 825 g/mol. The van der Waals surface area contributed by atoms with Gasteiger partial charge in [0.05, 0.1) is 70.3 Å². The number of aryl methyl sites for hydroxylation is 2. The molecule has 4 heterocycles. The monoisotopic (exact) mass is 824 g/mol. The molecule has 18 nitrogen and oxygen atoms in total. The summed E-state index contributed by atoms with van der Waals surface area (Å²) in [6, 6.07) is 19.2. The molecule has 0 spiro atoms. The summed E-state index contributed by atoms with van der Waals surface area (Å²) in [4.78, 5) is 36.1. The average Bonchev–Trinajstić information content (AvgIpc) is 3.79. The molecule has 4 aromatic carbocycles. The van der Waals surface area contributed by atoms with Crippen molar-refractivity contribution in [3.63, 3.8) is 0 Å². The molecule has 8 aromatic rings. The number of ether oxygens (including phenoxy) is 2. The predicted molar refractivity (Wildman–Crippen MR) is 215 cm³/mol. The number of anilines is 3. The van der Waals surface area contributed by atoms with Gasteiger partial charge in [0.1, 0.15) is 35.1 Å². The number of nitrogens with zero attached hydrogens (tertiary/aromatic N) is 10. The minimum absolute atomic E-state index is 0.0376. The summed E-state index contributed by atoms with van der Waals surface area (Å²) in [5.41, 5.74) is 9.68. The van der Waals surface area contributed by atoms with Crippen LogP contribution in [0.4, 0.5) is 37.3 Å². The first kappa shape index (κ1) is 40.8. The minimum atomic E-state index is -0.981. The Balaban J connectivity index is 0.000000165. The number of rotatable bonds is 8. The molecule has 8 rings (SSSR count). The lowest BCUT2D eigenvalue weighted by molar-refractivity contribution is -0.387. The molecule has 0 amide bonds. The summed E-state index contributed by atoms with van der Waals surface area (Å²) in [5, 5.41) is 35.1. The first-order valence-corrected chi connectivity index (χ1v) is 17.3. The van der Waals surface area contributed by atoms with Crippen molar-refractivity contribution in [1.82, 2.24) is 39.5 Å². The molecule has 3 N–H and O–H groups in total. The molecule has 0 aliphatic carbocycles. The molecule has 0 bridgehead atoms. The fourth-order valence-electron chi connectivity index (χ4n) is 5.69. The lowest BCUT2D eigenvalue weighted by Gasteiger charge is -2.11. The lowest BCUT2D eigenvalue weighted by Crippen LogP contribution is -2.01. The van der Waals surface area contributed by atoms with E-state index < -0.39 is 32.9 Å². The van der Waals surface area contributed by atoms with E-state index >= 15 is 0 Å². The molecular weight excluding hydrogens is 794 g/mol. The molecule has 0 fully saturated rings. The quantitative estimate of drug-likeness (QED) is 0.0644. The zero-order valence-electron chi connectivity index (χ0n) is 31.4. The molecule has 0 saturated heterocycles. The van der Waals surface area contributed by atoms with Gasteiger partial charge in [-0.2, -0.15) is 19.0 Å². The van der Waals surface area contributed by atoms with Crippen LogP contribution in [-0.4, -0.2) is 63.6 Å². The molecule has 0 aliphatic heterocycles. The van der Waals surface area contributed by atoms with Gasteiger partial charge in [-0.3, -0.25) is 29.6 Å². The van der Waals surface area contributed by atoms with E-state index in [2.05, 4.69) is 40.2 Å². The lowest BCUT2D eigenvalue weighted by atomic mass is 10.1. The second-order valence-electron chi connectivity index (χ2n) is 12.3. The van der Waals surface area contributed by atoms with Crippen molar-refractivity contribution in [2.24, 2.45) is 14.1 Å². The number of benzene rings is 4. The van der Waals surface area contributed by atoms with Crippen LogP contribution in [0, 0.1) is 31.9 Å². The molecular formula is C38H31ClF2N12O6. The highest BCUT2D eigenvalue weighted by Gasteiger charge is 2.20. The number of methoxy groups -OCH3 is 2. The Morgan fingerprint density at radius 1 is 0.695 bits per heavy atom. The number of hydrogen-bond donors (Lipinski definition) is 2. The molecule has 59 heavy (non-hydrogen) atoms. The molecule has 0 unspecified atom stereocenters. The normalized spacial score (nSPS) is 10.6. The van der Waals surface area contributed by atoms with Gasteiger partial charge in [0.25, 0.3) is 0 Å². The Morgan fingerprint density at radius 3 is 1.73 bits per heavy atom. The van der Waals surface area contributed by atoms with Crippen molar-refractivity contribution < 1.29 is 28.1 Å². The molecule has 0 aliphatic rings. The third kappa shape index (κ3) is 9.24. The Labute approximate surface area is 337 Å². The van der Waals surface area contributed by atoms with E-state index in [4.69, 9.17) is 22.1 Å². The molecule has 0 radical (unpaired) electrons. The summed E-state index contributed by atoms with van der Waals surface area (Å²) in [5.74, 6) is -1.37. The maximum absolute atomic E-state index is 13.8. The van der Waals surface area contributed by atoms with Crippen molar-refractivity contribution >= 4 is 62.0 Å². The van der Waals surface area contributed by atoms with Crippen LogP contribution in [0.25, 0.3) is 44.3 Å². The van der Waals surface area contributed by atoms with Gasteiger partial charge >= 0.3 is 11.4 Å². The number of nitro benzene ring substituents is 2. The zero-order chi connectivity index (χ0) is 42.4. The smallest absolute Gasteiger partial charge is 0.307 e. The van der Waals surface area contributed by atoms with Crippen molar-refractivity contribution in [3.05, 3.63) is 135 Å². The zero-order valence-corrected chi connectivity index (χ0v) is 32.1. The highest BCUT2D eigenvalue weighted by Crippen LogP contribution is 2.34. The van der Waals surface area contributed by atoms with Crippen LogP contribution in [0.1, 0.15) is 0 Å². The third-order valence-corrected chi connectivity index (χ3v) is 8.82. The molecule has 300 valence electrons. The summed E-state index contributed by atoms with van der Waals surface area (Å²) in [6.07, 6.45) is 6.43. The van der Waals surface area contributed by atoms with Crippen LogP contribution in [0.2, 0.25) is 5.15 Å². The maximum atomic E-state index is 13.8. The topological polar surface area (TPSA) is 230 Å². The SMILES string of the molecule is COc1cc(F)c([N+](=O)[O-])cc1N.COc1cc(F)c([N+](=O)[O-])cc1Nc1cc(-c2ccc3c(cnn3C)c2)ncn1.Cn1ncc2cc(-c3cc(Cl)ncn3)ccc21. The van der Waals surface area contributed by atoms with Crippen molar-refractivity contribution in [2.75, 3.05) is 25.3 Å². The summed E-state index contributed by atoms with van der Waals surface area (Å²) >= 11 is 5.85. The number of nitrogen functional groups attached to an aromatic ring is 1. The number of aromatic nitrogens is 8. The van der Waals surface area contributed by atoms with Crippen LogP contribution in [0.5, 0.6) is 11.5 Å².